The van der Waals surface area contributed by atoms with Crippen molar-refractivity contribution in [3.8, 4) is 0 Å². The molecule has 0 aliphatic carbocycles. The maximum absolute atomic E-state index is 5.86. The number of hydrogen-bond acceptors (Lipinski definition) is 6. The first-order valence-corrected chi connectivity index (χ1v) is 8.78. The highest BCUT2D eigenvalue weighted by atomic mass is 16.5. The van der Waals surface area contributed by atoms with E-state index in [0.717, 1.165) is 69.9 Å². The molecule has 0 atom stereocenters. The average Bonchev–Trinajstić information content (AvgIpc) is 3.17. The Bertz CT molecular complexity index is 699. The Balaban J connectivity index is 1.38. The third kappa shape index (κ3) is 4.03. The zero-order valence-corrected chi connectivity index (χ0v) is 14.3. The van der Waals surface area contributed by atoms with E-state index < -0.39 is 0 Å². The van der Waals surface area contributed by atoms with Crippen LogP contribution in [0.4, 0.5) is 17.3 Å². The number of rotatable bonds is 4. The Morgan fingerprint density at radius 2 is 1.40 bits per heavy atom. The largest absolute Gasteiger partial charge is 0.440 e. The van der Waals surface area contributed by atoms with Crippen LogP contribution < -0.4 is 9.80 Å². The number of anilines is 2. The molecule has 0 amide bonds. The van der Waals surface area contributed by atoms with Crippen molar-refractivity contribution in [2.75, 3.05) is 62.4 Å². The van der Waals surface area contributed by atoms with Gasteiger partial charge in [0.15, 0.2) is 5.88 Å². The SMILES string of the molecule is C(=Nc1ccc(N2CCOCC2)cc1)c1ccc(N2CCOCC2)o1. The van der Waals surface area contributed by atoms with Gasteiger partial charge in [-0.3, -0.25) is 4.99 Å². The molecule has 2 saturated heterocycles. The molecule has 0 unspecified atom stereocenters. The van der Waals surface area contributed by atoms with Crippen molar-refractivity contribution >= 4 is 23.5 Å². The molecular weight excluding hydrogens is 318 g/mol. The summed E-state index contributed by atoms with van der Waals surface area (Å²) >= 11 is 0. The lowest BCUT2D eigenvalue weighted by Crippen LogP contribution is -2.36. The van der Waals surface area contributed by atoms with Crippen molar-refractivity contribution in [1.82, 2.24) is 0 Å². The second-order valence-electron chi connectivity index (χ2n) is 6.15. The summed E-state index contributed by atoms with van der Waals surface area (Å²) in [5.41, 5.74) is 2.14. The van der Waals surface area contributed by atoms with Gasteiger partial charge < -0.3 is 23.7 Å². The Hall–Kier alpha value is -2.31. The molecule has 0 saturated carbocycles. The molecule has 4 rings (SSSR count). The number of benzene rings is 1. The van der Waals surface area contributed by atoms with Gasteiger partial charge in [0.25, 0.3) is 0 Å². The van der Waals surface area contributed by atoms with Crippen molar-refractivity contribution in [2.45, 2.75) is 0 Å². The lowest BCUT2D eigenvalue weighted by atomic mass is 10.2. The minimum Gasteiger partial charge on any atom is -0.440 e. The number of nitrogens with zero attached hydrogens (tertiary/aromatic N) is 3. The highest BCUT2D eigenvalue weighted by molar-refractivity contribution is 5.79. The third-order valence-corrected chi connectivity index (χ3v) is 4.50. The number of furan rings is 1. The first-order chi connectivity index (χ1) is 12.4. The van der Waals surface area contributed by atoms with Crippen LogP contribution in [0.3, 0.4) is 0 Å². The smallest absolute Gasteiger partial charge is 0.196 e. The van der Waals surface area contributed by atoms with Gasteiger partial charge in [0.2, 0.25) is 0 Å². The number of aliphatic imine (C=N–C) groups is 1. The highest BCUT2D eigenvalue weighted by Crippen LogP contribution is 2.22. The number of morpholine rings is 2. The van der Waals surface area contributed by atoms with Crippen LogP contribution in [0, 0.1) is 0 Å². The fourth-order valence-corrected chi connectivity index (χ4v) is 3.07. The van der Waals surface area contributed by atoms with Crippen LogP contribution in [0.5, 0.6) is 0 Å². The van der Waals surface area contributed by atoms with E-state index in [1.165, 1.54) is 5.69 Å². The fraction of sp³-hybridized carbons (Fsp3) is 0.421. The minimum atomic E-state index is 0.750. The van der Waals surface area contributed by atoms with Crippen LogP contribution >= 0.6 is 0 Å². The molecule has 2 aliphatic rings. The first-order valence-electron chi connectivity index (χ1n) is 8.78. The topological polar surface area (TPSA) is 50.4 Å². The number of ether oxygens (including phenoxy) is 2. The van der Waals surface area contributed by atoms with Crippen molar-refractivity contribution in [3.63, 3.8) is 0 Å². The van der Waals surface area contributed by atoms with E-state index in [9.17, 15) is 0 Å². The molecule has 1 aromatic heterocycles. The Labute approximate surface area is 147 Å². The predicted octanol–water partition coefficient (Wildman–Crippen LogP) is 2.70. The molecule has 6 heteroatoms. The van der Waals surface area contributed by atoms with Gasteiger partial charge >= 0.3 is 0 Å². The summed E-state index contributed by atoms with van der Waals surface area (Å²) in [5.74, 6) is 1.64. The summed E-state index contributed by atoms with van der Waals surface area (Å²) in [5, 5.41) is 0. The zero-order chi connectivity index (χ0) is 16.9. The van der Waals surface area contributed by atoms with Crippen LogP contribution in [-0.2, 0) is 9.47 Å². The summed E-state index contributed by atoms with van der Waals surface area (Å²) < 4.78 is 16.6. The molecule has 0 radical (unpaired) electrons. The van der Waals surface area contributed by atoms with E-state index in [4.69, 9.17) is 13.9 Å². The normalized spacial score (nSPS) is 18.9. The quantitative estimate of drug-likeness (QED) is 0.801. The van der Waals surface area contributed by atoms with Crippen molar-refractivity contribution in [1.29, 1.82) is 0 Å². The van der Waals surface area contributed by atoms with E-state index in [1.807, 2.05) is 24.3 Å². The van der Waals surface area contributed by atoms with Crippen molar-refractivity contribution in [3.05, 3.63) is 42.2 Å². The van der Waals surface area contributed by atoms with Crippen LogP contribution in [0.2, 0.25) is 0 Å². The number of hydrogen-bond donors (Lipinski definition) is 0. The molecule has 0 bridgehead atoms. The van der Waals surface area contributed by atoms with Crippen LogP contribution in [0.25, 0.3) is 0 Å². The molecule has 0 N–H and O–H groups in total. The molecule has 2 aromatic rings. The monoisotopic (exact) mass is 341 g/mol. The van der Waals surface area contributed by atoms with Gasteiger partial charge in [0.1, 0.15) is 5.76 Å². The van der Waals surface area contributed by atoms with Gasteiger partial charge in [0, 0.05) is 37.9 Å². The molecule has 6 nitrogen and oxygen atoms in total. The lowest BCUT2D eigenvalue weighted by molar-refractivity contribution is 0.120. The third-order valence-electron chi connectivity index (χ3n) is 4.50. The van der Waals surface area contributed by atoms with Gasteiger partial charge in [0.05, 0.1) is 38.3 Å². The van der Waals surface area contributed by atoms with Gasteiger partial charge in [-0.1, -0.05) is 0 Å². The summed E-state index contributed by atoms with van der Waals surface area (Å²) in [6, 6.07) is 12.2. The van der Waals surface area contributed by atoms with Crippen LogP contribution in [0.15, 0.2) is 45.8 Å². The highest BCUT2D eigenvalue weighted by Gasteiger charge is 2.14. The van der Waals surface area contributed by atoms with E-state index >= 15 is 0 Å². The van der Waals surface area contributed by atoms with Crippen molar-refractivity contribution in [2.24, 2.45) is 4.99 Å². The Morgan fingerprint density at radius 1 is 0.760 bits per heavy atom. The van der Waals surface area contributed by atoms with E-state index in [0.29, 0.717) is 0 Å². The average molecular weight is 341 g/mol. The maximum Gasteiger partial charge on any atom is 0.196 e. The molecule has 3 heterocycles. The van der Waals surface area contributed by atoms with Gasteiger partial charge in [-0.25, -0.2) is 0 Å². The molecule has 25 heavy (non-hydrogen) atoms. The van der Waals surface area contributed by atoms with Crippen LogP contribution in [-0.4, -0.2) is 58.8 Å². The summed E-state index contributed by atoms with van der Waals surface area (Å²) in [6.07, 6.45) is 1.77. The van der Waals surface area contributed by atoms with Crippen molar-refractivity contribution < 1.29 is 13.9 Å². The second-order valence-corrected chi connectivity index (χ2v) is 6.15. The van der Waals surface area contributed by atoms with Gasteiger partial charge in [-0.05, 0) is 30.3 Å². The zero-order valence-electron chi connectivity index (χ0n) is 14.3. The summed E-state index contributed by atoms with van der Waals surface area (Å²) in [6.45, 7) is 6.71. The first kappa shape index (κ1) is 16.2. The van der Waals surface area contributed by atoms with Gasteiger partial charge in [-0.15, -0.1) is 0 Å². The molecular formula is C19H23N3O3. The fourth-order valence-electron chi connectivity index (χ4n) is 3.07. The Morgan fingerprint density at radius 3 is 2.08 bits per heavy atom. The van der Waals surface area contributed by atoms with E-state index in [-0.39, 0.29) is 0 Å². The molecule has 0 spiro atoms. The summed E-state index contributed by atoms with van der Waals surface area (Å²) in [4.78, 5) is 9.04. The molecule has 132 valence electrons. The predicted molar refractivity (Wildman–Crippen MR) is 98.5 cm³/mol. The Kier molecular flexibility index (Phi) is 4.99. The standard InChI is InChI=1S/C19H23N3O3/c1-3-17(21-7-11-23-12-8-21)4-2-16(1)20-15-18-5-6-19(25-18)22-9-13-24-14-10-22/h1-6,15H,7-14H2. The molecule has 2 fully saturated rings. The van der Waals surface area contributed by atoms with E-state index in [1.54, 1.807) is 6.21 Å². The summed E-state index contributed by atoms with van der Waals surface area (Å²) in [7, 11) is 0. The molecule has 1 aromatic carbocycles. The van der Waals surface area contributed by atoms with Gasteiger partial charge in [-0.2, -0.15) is 0 Å². The lowest BCUT2D eigenvalue weighted by Gasteiger charge is -2.28. The maximum atomic E-state index is 5.86. The molecule has 2 aliphatic heterocycles. The minimum absolute atomic E-state index is 0.750. The second kappa shape index (κ2) is 7.72. The van der Waals surface area contributed by atoms with E-state index in [2.05, 4.69) is 26.9 Å². The van der Waals surface area contributed by atoms with Crippen LogP contribution in [0.1, 0.15) is 5.76 Å².